The molecule has 3 aliphatic rings. The summed E-state index contributed by atoms with van der Waals surface area (Å²) in [5.41, 5.74) is 1.70. The maximum Gasteiger partial charge on any atom is 0.341 e. The van der Waals surface area contributed by atoms with Gasteiger partial charge in [-0.2, -0.15) is 0 Å². The van der Waals surface area contributed by atoms with Gasteiger partial charge in [0.15, 0.2) is 6.61 Å². The number of piperidine rings is 1. The molecule has 0 unspecified atom stereocenters. The number of ether oxygens (including phenoxy) is 1. The Labute approximate surface area is 155 Å². The van der Waals surface area contributed by atoms with Crippen LogP contribution in [0, 0.1) is 5.41 Å². The molecule has 4 atom stereocenters. The van der Waals surface area contributed by atoms with E-state index >= 15 is 0 Å². The van der Waals surface area contributed by atoms with Gasteiger partial charge in [0.25, 0.3) is 0 Å². The molecule has 0 radical (unpaired) electrons. The molecule has 26 heavy (non-hydrogen) atoms. The lowest BCUT2D eigenvalue weighted by molar-refractivity contribution is -0.139. The molecule has 2 bridgehead atoms. The summed E-state index contributed by atoms with van der Waals surface area (Å²) in [7, 11) is 2.32. The van der Waals surface area contributed by atoms with Gasteiger partial charge in [0.2, 0.25) is 0 Å². The van der Waals surface area contributed by atoms with Gasteiger partial charge in [-0.1, -0.05) is 31.9 Å². The van der Waals surface area contributed by atoms with Crippen molar-refractivity contribution >= 4 is 5.97 Å². The number of carboxylic acids is 1. The van der Waals surface area contributed by atoms with E-state index in [0.29, 0.717) is 23.2 Å². The molecular weight excluding hydrogens is 328 g/mol. The zero-order valence-electron chi connectivity index (χ0n) is 15.9. The topological polar surface area (TPSA) is 53.0 Å². The highest BCUT2D eigenvalue weighted by Gasteiger charge is 2.57. The summed E-state index contributed by atoms with van der Waals surface area (Å²) >= 11 is 0. The zero-order chi connectivity index (χ0) is 18.3. The Morgan fingerprint density at radius 1 is 1.23 bits per heavy atom. The van der Waals surface area contributed by atoms with Crippen LogP contribution in [0.3, 0.4) is 0 Å². The van der Waals surface area contributed by atoms with E-state index in [2.05, 4.69) is 35.9 Å². The molecule has 1 aromatic carbocycles. The largest absolute Gasteiger partial charge is 0.482 e. The second-order valence-corrected chi connectivity index (χ2v) is 8.62. The summed E-state index contributed by atoms with van der Waals surface area (Å²) in [6, 6.07) is 10.00. The Kier molecular flexibility index (Phi) is 4.70. The van der Waals surface area contributed by atoms with Crippen LogP contribution in [0.25, 0.3) is 0 Å². The van der Waals surface area contributed by atoms with E-state index in [9.17, 15) is 4.79 Å². The SMILES string of the molecule is CN1C[C@@H]2C[C@@]3(C)[C@H](CCCC[C@@H]13)N2Cc1ccc(OCC(=O)O)cc1. The van der Waals surface area contributed by atoms with Gasteiger partial charge in [-0.25, -0.2) is 4.79 Å². The van der Waals surface area contributed by atoms with Crippen LogP contribution < -0.4 is 4.74 Å². The molecule has 0 amide bonds. The van der Waals surface area contributed by atoms with Crippen LogP contribution in [0.4, 0.5) is 0 Å². The van der Waals surface area contributed by atoms with Crippen molar-refractivity contribution in [2.24, 2.45) is 5.41 Å². The van der Waals surface area contributed by atoms with Crippen molar-refractivity contribution in [3.05, 3.63) is 29.8 Å². The highest BCUT2D eigenvalue weighted by molar-refractivity contribution is 5.68. The monoisotopic (exact) mass is 358 g/mol. The summed E-state index contributed by atoms with van der Waals surface area (Å²) < 4.78 is 5.25. The first-order chi connectivity index (χ1) is 12.5. The third-order valence-corrected chi connectivity index (χ3v) is 6.95. The molecule has 4 rings (SSSR count). The lowest BCUT2D eigenvalue weighted by Crippen LogP contribution is -2.51. The standard InChI is InChI=1S/C21H30N2O3/c1-21-11-16-13-22(2)18(21)5-3-4-6-19(21)23(16)12-15-7-9-17(10-8-15)26-14-20(24)25/h7-10,16,18-19H,3-6,11-14H2,1-2H3,(H,24,25)/t16-,18+,19-,21+/m0/s1. The molecule has 1 aromatic rings. The van der Waals surface area contributed by atoms with Gasteiger partial charge in [-0.15, -0.1) is 0 Å². The fourth-order valence-corrected chi connectivity index (χ4v) is 5.89. The first-order valence-corrected chi connectivity index (χ1v) is 9.87. The second kappa shape index (κ2) is 6.86. The van der Waals surface area contributed by atoms with Gasteiger partial charge in [0.05, 0.1) is 0 Å². The average molecular weight is 358 g/mol. The van der Waals surface area contributed by atoms with Gasteiger partial charge in [0, 0.05) is 36.6 Å². The Balaban J connectivity index is 1.50. The lowest BCUT2D eigenvalue weighted by atomic mass is 9.71. The molecule has 1 aliphatic carbocycles. The summed E-state index contributed by atoms with van der Waals surface area (Å²) in [4.78, 5) is 16.0. The number of aliphatic carboxylic acids is 1. The predicted octanol–water partition coefficient (Wildman–Crippen LogP) is 2.99. The van der Waals surface area contributed by atoms with Gasteiger partial charge in [-0.3, -0.25) is 4.90 Å². The van der Waals surface area contributed by atoms with Crippen LogP contribution in [-0.4, -0.2) is 59.2 Å². The number of rotatable bonds is 5. The number of likely N-dealkylation sites (N-methyl/N-ethyl adjacent to an activating group) is 1. The summed E-state index contributed by atoms with van der Waals surface area (Å²) in [5.74, 6) is -0.323. The molecule has 0 spiro atoms. The van der Waals surface area contributed by atoms with E-state index in [1.165, 1.54) is 44.2 Å². The fourth-order valence-electron chi connectivity index (χ4n) is 5.89. The molecule has 2 saturated heterocycles. The first-order valence-electron chi connectivity index (χ1n) is 9.87. The zero-order valence-corrected chi connectivity index (χ0v) is 15.9. The molecule has 1 saturated carbocycles. The summed E-state index contributed by atoms with van der Waals surface area (Å²) in [6.45, 7) is 4.39. The van der Waals surface area contributed by atoms with Crippen molar-refractivity contribution in [2.75, 3.05) is 20.2 Å². The molecule has 1 N–H and O–H groups in total. The van der Waals surface area contributed by atoms with Crippen molar-refractivity contribution in [3.63, 3.8) is 0 Å². The van der Waals surface area contributed by atoms with Crippen LogP contribution in [0.2, 0.25) is 0 Å². The maximum atomic E-state index is 10.6. The Hall–Kier alpha value is -1.59. The minimum atomic E-state index is -0.946. The average Bonchev–Trinajstić information content (AvgIpc) is 2.72. The Bertz CT molecular complexity index is 662. The highest BCUT2D eigenvalue weighted by atomic mass is 16.5. The number of fused-ring (bicyclic) bond motifs is 1. The van der Waals surface area contributed by atoms with E-state index in [0.717, 1.165) is 12.6 Å². The van der Waals surface area contributed by atoms with E-state index in [1.807, 2.05) is 12.1 Å². The Morgan fingerprint density at radius 2 is 1.92 bits per heavy atom. The van der Waals surface area contributed by atoms with Gasteiger partial charge in [0.1, 0.15) is 5.75 Å². The van der Waals surface area contributed by atoms with E-state index in [4.69, 9.17) is 9.84 Å². The van der Waals surface area contributed by atoms with Crippen molar-refractivity contribution in [1.29, 1.82) is 0 Å². The van der Waals surface area contributed by atoms with Crippen LogP contribution in [-0.2, 0) is 11.3 Å². The quantitative estimate of drug-likeness (QED) is 0.877. The summed E-state index contributed by atoms with van der Waals surface area (Å²) in [6.07, 6.45) is 6.69. The first kappa shape index (κ1) is 17.8. The van der Waals surface area contributed by atoms with Crippen molar-refractivity contribution in [2.45, 2.75) is 63.7 Å². The number of carbonyl (C=O) groups is 1. The molecule has 0 aromatic heterocycles. The van der Waals surface area contributed by atoms with Gasteiger partial charge in [-0.05, 0) is 44.0 Å². The third-order valence-electron chi connectivity index (χ3n) is 6.95. The minimum absolute atomic E-state index is 0.290. The van der Waals surface area contributed by atoms with Crippen LogP contribution in [0.15, 0.2) is 24.3 Å². The molecule has 2 heterocycles. The number of hydrogen-bond donors (Lipinski definition) is 1. The molecule has 5 nitrogen and oxygen atoms in total. The smallest absolute Gasteiger partial charge is 0.341 e. The predicted molar refractivity (Wildman–Crippen MR) is 100 cm³/mol. The summed E-state index contributed by atoms with van der Waals surface area (Å²) in [5, 5.41) is 8.72. The molecule has 2 aliphatic heterocycles. The lowest BCUT2D eigenvalue weighted by Gasteiger charge is -2.45. The number of nitrogens with zero attached hydrogens (tertiary/aromatic N) is 2. The van der Waals surface area contributed by atoms with Crippen molar-refractivity contribution < 1.29 is 14.6 Å². The number of benzene rings is 1. The number of likely N-dealkylation sites (tertiary alicyclic amines) is 2. The van der Waals surface area contributed by atoms with Crippen LogP contribution in [0.5, 0.6) is 5.75 Å². The van der Waals surface area contributed by atoms with Crippen LogP contribution >= 0.6 is 0 Å². The number of carboxylic acid groups (broad SMARTS) is 1. The molecule has 3 fully saturated rings. The van der Waals surface area contributed by atoms with Crippen LogP contribution in [0.1, 0.15) is 44.6 Å². The third kappa shape index (κ3) is 3.12. The second-order valence-electron chi connectivity index (χ2n) is 8.62. The van der Waals surface area contributed by atoms with E-state index in [-0.39, 0.29) is 6.61 Å². The van der Waals surface area contributed by atoms with Crippen molar-refractivity contribution in [3.8, 4) is 5.75 Å². The van der Waals surface area contributed by atoms with E-state index < -0.39 is 5.97 Å². The van der Waals surface area contributed by atoms with Crippen molar-refractivity contribution in [1.82, 2.24) is 9.80 Å². The normalized spacial score (nSPS) is 34.5. The molecular formula is C21H30N2O3. The van der Waals surface area contributed by atoms with E-state index in [1.54, 1.807) is 0 Å². The fraction of sp³-hybridized carbons (Fsp3) is 0.667. The Morgan fingerprint density at radius 3 is 2.62 bits per heavy atom. The minimum Gasteiger partial charge on any atom is -0.482 e. The molecule has 142 valence electrons. The molecule has 5 heteroatoms. The number of hydrogen-bond acceptors (Lipinski definition) is 4. The van der Waals surface area contributed by atoms with Gasteiger partial charge < -0.3 is 14.7 Å². The highest BCUT2D eigenvalue weighted by Crippen LogP contribution is 2.53. The van der Waals surface area contributed by atoms with Gasteiger partial charge >= 0.3 is 5.97 Å². The maximum absolute atomic E-state index is 10.6.